The lowest BCUT2D eigenvalue weighted by Gasteiger charge is -2.25. The van der Waals surface area contributed by atoms with E-state index in [1.165, 1.54) is 0 Å². The predicted molar refractivity (Wildman–Crippen MR) is 202 cm³/mol. The van der Waals surface area contributed by atoms with Gasteiger partial charge in [0, 0.05) is 48.5 Å². The minimum Gasteiger partial charge on any atom is -0.748 e. The molecule has 0 saturated carbocycles. The number of hydrogen-bond acceptors (Lipinski definition) is 8. The third-order valence-electron chi connectivity index (χ3n) is 9.64. The summed E-state index contributed by atoms with van der Waals surface area (Å²) in [5, 5.41) is 21.6. The van der Waals surface area contributed by atoms with Crippen molar-refractivity contribution in [3.05, 3.63) is 104 Å². The van der Waals surface area contributed by atoms with Crippen LogP contribution < -0.4 is 4.90 Å². The average Bonchev–Trinajstić information content (AvgIpc) is 3.06. The zero-order valence-electron chi connectivity index (χ0n) is 30.5. The van der Waals surface area contributed by atoms with E-state index >= 15 is 0 Å². The predicted octanol–water partition coefficient (Wildman–Crippen LogP) is 8.21. The number of anilines is 1. The molecule has 0 saturated heterocycles. The molecule has 0 unspecified atom stereocenters. The number of carbonyl (C=O) groups is 1. The molecule has 3 aromatic rings. The Hall–Kier alpha value is -4.21. The van der Waals surface area contributed by atoms with Crippen LogP contribution in [0.25, 0.3) is 0 Å². The van der Waals surface area contributed by atoms with Crippen LogP contribution in [0.15, 0.2) is 70.3 Å². The SMILES string of the molecule is CCCCN(CCCCS(=O)(=O)[O-])c1ccc(N=C2C=C(Cc3cc(C)c(O)c(CC)c3C)C(=O)C(Cc3cc(C)cc(C)c3O)=C2C)cc1. The highest BCUT2D eigenvalue weighted by molar-refractivity contribution is 7.85. The van der Waals surface area contributed by atoms with Gasteiger partial charge in [-0.15, -0.1) is 0 Å². The molecule has 4 rings (SSSR count). The molecule has 8 nitrogen and oxygen atoms in total. The second-order valence-corrected chi connectivity index (χ2v) is 15.1. The summed E-state index contributed by atoms with van der Waals surface area (Å²) in [6.45, 7) is 15.2. The lowest BCUT2D eigenvalue weighted by atomic mass is 9.82. The van der Waals surface area contributed by atoms with Gasteiger partial charge in [-0.3, -0.25) is 4.79 Å². The van der Waals surface area contributed by atoms with E-state index in [1.807, 2.05) is 90.1 Å². The van der Waals surface area contributed by atoms with Crippen molar-refractivity contribution < 1.29 is 28.0 Å². The normalized spacial score (nSPS) is 14.4. The van der Waals surface area contributed by atoms with Gasteiger partial charge in [-0.2, -0.15) is 0 Å². The van der Waals surface area contributed by atoms with Gasteiger partial charge in [0.2, 0.25) is 0 Å². The van der Waals surface area contributed by atoms with Crippen LogP contribution in [-0.4, -0.2) is 53.5 Å². The number of aryl methyl sites for hydroxylation is 3. The number of unbranched alkanes of at least 4 members (excludes halogenated alkanes) is 2. The van der Waals surface area contributed by atoms with Gasteiger partial charge < -0.3 is 19.7 Å². The zero-order chi connectivity index (χ0) is 36.7. The molecule has 0 spiro atoms. The molecule has 0 radical (unpaired) electrons. The number of hydrogen-bond donors (Lipinski definition) is 2. The highest BCUT2D eigenvalue weighted by Crippen LogP contribution is 2.34. The maximum Gasteiger partial charge on any atom is 0.186 e. The van der Waals surface area contributed by atoms with Crippen molar-refractivity contribution in [2.45, 2.75) is 93.4 Å². The van der Waals surface area contributed by atoms with Crippen LogP contribution in [-0.2, 0) is 34.2 Å². The Kier molecular flexibility index (Phi) is 12.9. The largest absolute Gasteiger partial charge is 0.748 e. The van der Waals surface area contributed by atoms with Crippen LogP contribution in [0.5, 0.6) is 11.5 Å². The van der Waals surface area contributed by atoms with Crippen LogP contribution >= 0.6 is 0 Å². The molecule has 0 aliphatic heterocycles. The molecule has 50 heavy (non-hydrogen) atoms. The molecule has 0 heterocycles. The van der Waals surface area contributed by atoms with E-state index in [9.17, 15) is 28.0 Å². The lowest BCUT2D eigenvalue weighted by Crippen LogP contribution is -2.26. The highest BCUT2D eigenvalue weighted by Gasteiger charge is 2.27. The maximum absolute atomic E-state index is 14.2. The minimum atomic E-state index is -4.23. The number of benzene rings is 3. The first-order valence-corrected chi connectivity index (χ1v) is 19.1. The molecule has 0 amide bonds. The van der Waals surface area contributed by atoms with Gasteiger partial charge in [-0.25, -0.2) is 13.4 Å². The number of phenols is 2. The van der Waals surface area contributed by atoms with Gasteiger partial charge in [-0.1, -0.05) is 44.0 Å². The number of nitrogens with zero attached hydrogens (tertiary/aromatic N) is 2. The minimum absolute atomic E-state index is 0.0742. The second kappa shape index (κ2) is 16.7. The summed E-state index contributed by atoms with van der Waals surface area (Å²) in [5.41, 5.74) is 10.4. The summed E-state index contributed by atoms with van der Waals surface area (Å²) in [5.74, 6) is 0.0598. The van der Waals surface area contributed by atoms with E-state index in [0.29, 0.717) is 60.4 Å². The molecule has 1 aliphatic carbocycles. The third-order valence-corrected chi connectivity index (χ3v) is 10.4. The Morgan fingerprint density at radius 2 is 1.48 bits per heavy atom. The number of phenolic OH excluding ortho intramolecular Hbond substituents is 2. The Morgan fingerprint density at radius 3 is 2.12 bits per heavy atom. The van der Waals surface area contributed by atoms with Crippen molar-refractivity contribution >= 4 is 33.0 Å². The van der Waals surface area contributed by atoms with Crippen molar-refractivity contribution in [3.8, 4) is 11.5 Å². The van der Waals surface area contributed by atoms with Crippen molar-refractivity contribution in [2.75, 3.05) is 23.7 Å². The van der Waals surface area contributed by atoms with Gasteiger partial charge >= 0.3 is 0 Å². The van der Waals surface area contributed by atoms with E-state index < -0.39 is 10.1 Å². The van der Waals surface area contributed by atoms with Crippen LogP contribution in [0, 0.1) is 27.7 Å². The molecule has 2 N–H and O–H groups in total. The topological polar surface area (TPSA) is 130 Å². The summed E-state index contributed by atoms with van der Waals surface area (Å²) in [6.07, 6.45) is 6.12. The van der Waals surface area contributed by atoms with Gasteiger partial charge in [0.1, 0.15) is 11.5 Å². The molecule has 0 fully saturated rings. The Balaban J connectivity index is 1.73. The first-order chi connectivity index (χ1) is 23.6. The zero-order valence-corrected chi connectivity index (χ0v) is 31.3. The van der Waals surface area contributed by atoms with E-state index in [4.69, 9.17) is 4.99 Å². The number of aliphatic imine (C=N–C) groups is 1. The maximum atomic E-state index is 14.2. The monoisotopic (exact) mass is 699 g/mol. The standard InChI is InChI=1S/C41H52N2O6S/c1-8-10-17-43(18-11-12-19-50(47,48)49)35-15-13-34(14-16-35)42-38-25-33(23-31-22-28(5)40(45)36(9-2)29(31)6)41(46)37(30(38)7)24-32-21-26(3)20-27(4)39(32)44/h13-16,20-22,25,44-45H,8-12,17-19,23-24H2,1-7H3,(H,47,48,49)/p-1. The average molecular weight is 700 g/mol. The summed E-state index contributed by atoms with van der Waals surface area (Å²) >= 11 is 0. The number of ketones is 1. The van der Waals surface area contributed by atoms with E-state index in [-0.39, 0.29) is 23.7 Å². The van der Waals surface area contributed by atoms with Crippen molar-refractivity contribution in [3.63, 3.8) is 0 Å². The molecule has 0 atom stereocenters. The van der Waals surface area contributed by atoms with Crippen molar-refractivity contribution in [1.82, 2.24) is 0 Å². The first-order valence-electron chi connectivity index (χ1n) is 17.6. The van der Waals surface area contributed by atoms with Crippen LogP contribution in [0.4, 0.5) is 11.4 Å². The molecular weight excluding hydrogens is 649 g/mol. The molecule has 1 aliphatic rings. The van der Waals surface area contributed by atoms with Gasteiger partial charge in [0.25, 0.3) is 0 Å². The highest BCUT2D eigenvalue weighted by atomic mass is 32.2. The number of carbonyl (C=O) groups excluding carboxylic acids is 1. The fraction of sp³-hybridized carbons (Fsp3) is 0.415. The Labute approximate surface area is 298 Å². The van der Waals surface area contributed by atoms with E-state index in [2.05, 4.69) is 11.8 Å². The molecule has 3 aromatic carbocycles. The number of Topliss-reactive ketones (excluding diaryl/α,β-unsaturated/α-hetero) is 1. The van der Waals surface area contributed by atoms with E-state index in [1.54, 1.807) is 0 Å². The fourth-order valence-electron chi connectivity index (χ4n) is 6.74. The summed E-state index contributed by atoms with van der Waals surface area (Å²) < 4.78 is 33.2. The molecule has 0 bridgehead atoms. The number of rotatable bonds is 15. The first kappa shape index (κ1) is 38.6. The van der Waals surface area contributed by atoms with Crippen LogP contribution in [0.2, 0.25) is 0 Å². The Bertz CT molecular complexity index is 1940. The fourth-order valence-corrected chi connectivity index (χ4v) is 7.30. The van der Waals surface area contributed by atoms with Gasteiger partial charge in [-0.05, 0) is 130 Å². The van der Waals surface area contributed by atoms with E-state index in [0.717, 1.165) is 69.7 Å². The van der Waals surface area contributed by atoms with Crippen molar-refractivity contribution in [2.24, 2.45) is 4.99 Å². The molecule has 268 valence electrons. The molecular formula is C41H51N2O6S-. The summed E-state index contributed by atoms with van der Waals surface area (Å²) in [4.78, 5) is 21.5. The van der Waals surface area contributed by atoms with Crippen LogP contribution in [0.3, 0.4) is 0 Å². The number of aromatic hydroxyl groups is 2. The second-order valence-electron chi connectivity index (χ2n) is 13.5. The quantitative estimate of drug-likeness (QED) is 0.0929. The lowest BCUT2D eigenvalue weighted by molar-refractivity contribution is -0.112. The summed E-state index contributed by atoms with van der Waals surface area (Å²) in [7, 11) is -4.23. The number of allylic oxidation sites excluding steroid dienone is 4. The van der Waals surface area contributed by atoms with Crippen LogP contribution in [0.1, 0.15) is 85.4 Å². The van der Waals surface area contributed by atoms with Gasteiger partial charge in [0.05, 0.1) is 21.5 Å². The molecule has 9 heteroatoms. The summed E-state index contributed by atoms with van der Waals surface area (Å²) in [6, 6.07) is 13.7. The smallest absolute Gasteiger partial charge is 0.186 e. The third kappa shape index (κ3) is 9.52. The molecule has 0 aromatic heterocycles. The van der Waals surface area contributed by atoms with Gasteiger partial charge in [0.15, 0.2) is 5.78 Å². The van der Waals surface area contributed by atoms with Crippen molar-refractivity contribution in [1.29, 1.82) is 0 Å². The Morgan fingerprint density at radius 1 is 0.820 bits per heavy atom.